The predicted molar refractivity (Wildman–Crippen MR) is 109 cm³/mol. The molecule has 28 heavy (non-hydrogen) atoms. The minimum Gasteiger partial charge on any atom is -0.493 e. The van der Waals surface area contributed by atoms with E-state index in [4.69, 9.17) is 9.47 Å². The first-order chi connectivity index (χ1) is 13.7. The lowest BCUT2D eigenvalue weighted by Gasteiger charge is -2.11. The summed E-state index contributed by atoms with van der Waals surface area (Å²) in [6.45, 7) is 0.458. The van der Waals surface area contributed by atoms with Crippen molar-refractivity contribution in [3.63, 3.8) is 0 Å². The van der Waals surface area contributed by atoms with Crippen molar-refractivity contribution in [2.24, 2.45) is 12.1 Å². The Balaban J connectivity index is 1.57. The Morgan fingerprint density at radius 3 is 2.64 bits per heavy atom. The van der Waals surface area contributed by atoms with Crippen LogP contribution in [0.15, 0.2) is 72.0 Å². The molecule has 0 fully saturated rings. The summed E-state index contributed by atoms with van der Waals surface area (Å²) in [6.07, 6.45) is 3.75. The van der Waals surface area contributed by atoms with Gasteiger partial charge in [-0.15, -0.1) is 0 Å². The Bertz CT molecular complexity index is 949. The van der Waals surface area contributed by atoms with E-state index in [1.165, 1.54) is 0 Å². The highest BCUT2D eigenvalue weighted by atomic mass is 16.5. The number of aromatic nitrogens is 1. The zero-order chi connectivity index (χ0) is 19.8. The normalized spacial score (nSPS) is 10.8. The average molecular weight is 377 g/mol. The zero-order valence-electron chi connectivity index (χ0n) is 16.0. The summed E-state index contributed by atoms with van der Waals surface area (Å²) >= 11 is 0. The van der Waals surface area contributed by atoms with Crippen LogP contribution in [0.3, 0.4) is 0 Å². The smallest absolute Gasteiger partial charge is 0.245 e. The number of nitrogens with zero attached hydrogens (tertiary/aromatic N) is 2. The number of nitrogens with one attached hydrogen (secondary N) is 1. The van der Waals surface area contributed by atoms with E-state index in [-0.39, 0.29) is 12.3 Å². The van der Waals surface area contributed by atoms with Crippen LogP contribution in [0.4, 0.5) is 0 Å². The third-order valence-corrected chi connectivity index (χ3v) is 4.22. The van der Waals surface area contributed by atoms with Crippen LogP contribution < -0.4 is 14.9 Å². The van der Waals surface area contributed by atoms with Gasteiger partial charge in [-0.3, -0.25) is 4.79 Å². The zero-order valence-corrected chi connectivity index (χ0v) is 16.0. The maximum atomic E-state index is 12.0. The van der Waals surface area contributed by atoms with Gasteiger partial charge in [-0.2, -0.15) is 5.10 Å². The topological polar surface area (TPSA) is 64.8 Å². The molecular formula is C22H23N3O3. The van der Waals surface area contributed by atoms with Crippen LogP contribution in [0.5, 0.6) is 11.5 Å². The molecule has 0 aliphatic heterocycles. The van der Waals surface area contributed by atoms with E-state index < -0.39 is 0 Å². The summed E-state index contributed by atoms with van der Waals surface area (Å²) in [4.78, 5) is 12.0. The largest absolute Gasteiger partial charge is 0.493 e. The van der Waals surface area contributed by atoms with Crippen molar-refractivity contribution in [1.82, 2.24) is 9.99 Å². The van der Waals surface area contributed by atoms with Crippen LogP contribution in [-0.4, -0.2) is 23.8 Å². The lowest BCUT2D eigenvalue weighted by Crippen LogP contribution is -2.20. The first-order valence-electron chi connectivity index (χ1n) is 8.92. The summed E-state index contributed by atoms with van der Waals surface area (Å²) in [7, 11) is 3.49. The second-order valence-electron chi connectivity index (χ2n) is 6.26. The van der Waals surface area contributed by atoms with E-state index in [1.807, 2.05) is 78.5 Å². The highest BCUT2D eigenvalue weighted by Crippen LogP contribution is 2.28. The molecule has 6 nitrogen and oxygen atoms in total. The molecule has 3 aromatic rings. The molecule has 0 saturated heterocycles. The maximum Gasteiger partial charge on any atom is 0.245 e. The van der Waals surface area contributed by atoms with Crippen molar-refractivity contribution in [1.29, 1.82) is 0 Å². The second kappa shape index (κ2) is 9.41. The van der Waals surface area contributed by atoms with Gasteiger partial charge < -0.3 is 14.0 Å². The number of benzene rings is 2. The lowest BCUT2D eigenvalue weighted by atomic mass is 10.2. The highest BCUT2D eigenvalue weighted by molar-refractivity contribution is 5.83. The van der Waals surface area contributed by atoms with E-state index in [0.29, 0.717) is 18.1 Å². The van der Waals surface area contributed by atoms with E-state index in [1.54, 1.807) is 13.3 Å². The summed E-state index contributed by atoms with van der Waals surface area (Å²) in [6, 6.07) is 19.2. The molecule has 0 aliphatic carbocycles. The Kier molecular flexibility index (Phi) is 6.46. The number of amides is 1. The third-order valence-electron chi connectivity index (χ3n) is 4.22. The van der Waals surface area contributed by atoms with E-state index in [9.17, 15) is 4.79 Å². The van der Waals surface area contributed by atoms with Crippen LogP contribution >= 0.6 is 0 Å². The van der Waals surface area contributed by atoms with Crippen LogP contribution in [0.2, 0.25) is 0 Å². The average Bonchev–Trinajstić information content (AvgIpc) is 3.12. The number of methoxy groups -OCH3 is 1. The van der Waals surface area contributed by atoms with Crippen LogP contribution in [0.25, 0.3) is 0 Å². The minimum absolute atomic E-state index is 0.173. The predicted octanol–water partition coefficient (Wildman–Crippen LogP) is 3.31. The minimum atomic E-state index is -0.173. The summed E-state index contributed by atoms with van der Waals surface area (Å²) in [5.41, 5.74) is 5.34. The summed E-state index contributed by atoms with van der Waals surface area (Å²) in [5.74, 6) is 1.08. The number of ether oxygens (including phenoxy) is 2. The first kappa shape index (κ1) is 19.2. The molecule has 0 bridgehead atoms. The fourth-order valence-electron chi connectivity index (χ4n) is 2.68. The highest BCUT2D eigenvalue weighted by Gasteiger charge is 2.07. The van der Waals surface area contributed by atoms with Crippen molar-refractivity contribution in [2.45, 2.75) is 13.0 Å². The van der Waals surface area contributed by atoms with Gasteiger partial charge in [0.2, 0.25) is 5.91 Å². The molecule has 1 aromatic heterocycles. The molecule has 144 valence electrons. The molecule has 1 heterocycles. The molecule has 0 atom stereocenters. The standard InChI is InChI=1S/C22H23N3O3/c1-25-12-6-9-19(25)14-22(26)24-23-15-18-10-11-20(21(13-18)27-2)28-16-17-7-4-3-5-8-17/h3-13,15H,14,16H2,1-2H3,(H,24,26). The van der Waals surface area contributed by atoms with Crippen molar-refractivity contribution in [3.8, 4) is 11.5 Å². The van der Waals surface area contributed by atoms with Gasteiger partial charge in [0.05, 0.1) is 19.7 Å². The first-order valence-corrected chi connectivity index (χ1v) is 8.92. The van der Waals surface area contributed by atoms with Gasteiger partial charge >= 0.3 is 0 Å². The van der Waals surface area contributed by atoms with Gasteiger partial charge in [0, 0.05) is 18.9 Å². The van der Waals surface area contributed by atoms with Crippen molar-refractivity contribution in [3.05, 3.63) is 83.7 Å². The number of carbonyl (C=O) groups excluding carboxylic acids is 1. The van der Waals surface area contributed by atoms with Crippen LogP contribution in [-0.2, 0) is 24.9 Å². The quantitative estimate of drug-likeness (QED) is 0.484. The Morgan fingerprint density at radius 2 is 1.93 bits per heavy atom. The van der Waals surface area contributed by atoms with Gasteiger partial charge in [0.25, 0.3) is 0 Å². The number of hydrogen-bond acceptors (Lipinski definition) is 4. The SMILES string of the molecule is COc1cc(C=NNC(=O)Cc2cccn2C)ccc1OCc1ccccc1. The fourth-order valence-corrected chi connectivity index (χ4v) is 2.68. The van der Waals surface area contributed by atoms with E-state index in [0.717, 1.165) is 16.8 Å². The van der Waals surface area contributed by atoms with Crippen molar-refractivity contribution < 1.29 is 14.3 Å². The molecular weight excluding hydrogens is 354 g/mol. The molecule has 1 N–H and O–H groups in total. The monoisotopic (exact) mass is 377 g/mol. The number of hydrazone groups is 1. The van der Waals surface area contributed by atoms with Gasteiger partial charge in [-0.1, -0.05) is 30.3 Å². The van der Waals surface area contributed by atoms with Crippen molar-refractivity contribution in [2.75, 3.05) is 7.11 Å². The summed E-state index contributed by atoms with van der Waals surface area (Å²) < 4.78 is 13.2. The molecule has 3 rings (SSSR count). The van der Waals surface area contributed by atoms with E-state index >= 15 is 0 Å². The number of aryl methyl sites for hydroxylation is 1. The molecule has 0 aliphatic rings. The maximum absolute atomic E-state index is 12.0. The fraction of sp³-hybridized carbons (Fsp3) is 0.182. The molecule has 2 aromatic carbocycles. The molecule has 6 heteroatoms. The molecule has 1 amide bonds. The van der Waals surface area contributed by atoms with Gasteiger partial charge in [0.1, 0.15) is 6.61 Å². The number of carbonyl (C=O) groups is 1. The Morgan fingerprint density at radius 1 is 1.11 bits per heavy atom. The molecule has 0 spiro atoms. The van der Waals surface area contributed by atoms with Gasteiger partial charge in [0.15, 0.2) is 11.5 Å². The number of rotatable bonds is 8. The molecule has 0 saturated carbocycles. The van der Waals surface area contributed by atoms with Crippen molar-refractivity contribution >= 4 is 12.1 Å². The van der Waals surface area contributed by atoms with E-state index in [2.05, 4.69) is 10.5 Å². The lowest BCUT2D eigenvalue weighted by molar-refractivity contribution is -0.120. The van der Waals surface area contributed by atoms with Gasteiger partial charge in [-0.25, -0.2) is 5.43 Å². The third kappa shape index (κ3) is 5.23. The molecule has 0 unspecified atom stereocenters. The number of hydrogen-bond donors (Lipinski definition) is 1. The Labute approximate surface area is 164 Å². The van der Waals surface area contributed by atoms with Crippen LogP contribution in [0.1, 0.15) is 16.8 Å². The molecule has 0 radical (unpaired) electrons. The Hall–Kier alpha value is -3.54. The summed E-state index contributed by atoms with van der Waals surface area (Å²) in [5, 5.41) is 4.02. The van der Waals surface area contributed by atoms with Crippen LogP contribution in [0, 0.1) is 0 Å². The second-order valence-corrected chi connectivity index (χ2v) is 6.26. The van der Waals surface area contributed by atoms with Gasteiger partial charge in [-0.05, 0) is 41.5 Å².